The van der Waals surface area contributed by atoms with E-state index in [9.17, 15) is 0 Å². The summed E-state index contributed by atoms with van der Waals surface area (Å²) in [5.41, 5.74) is 1.08. The SMILES string of the molecule is CC(NC(C)c1ccc(Br)cc1Cl)c1ccco1. The molecular formula is C14H15BrClNO. The van der Waals surface area contributed by atoms with Gasteiger partial charge in [-0.25, -0.2) is 0 Å². The largest absolute Gasteiger partial charge is 0.468 e. The highest BCUT2D eigenvalue weighted by molar-refractivity contribution is 9.10. The lowest BCUT2D eigenvalue weighted by atomic mass is 10.1. The fourth-order valence-corrected chi connectivity index (χ4v) is 2.77. The summed E-state index contributed by atoms with van der Waals surface area (Å²) < 4.78 is 6.37. The van der Waals surface area contributed by atoms with Crippen LogP contribution < -0.4 is 5.32 Å². The lowest BCUT2D eigenvalue weighted by Gasteiger charge is -2.20. The summed E-state index contributed by atoms with van der Waals surface area (Å²) in [6.45, 7) is 4.16. The first-order chi connectivity index (χ1) is 8.58. The molecule has 0 aliphatic carbocycles. The van der Waals surface area contributed by atoms with E-state index in [-0.39, 0.29) is 12.1 Å². The van der Waals surface area contributed by atoms with Gasteiger partial charge in [0.1, 0.15) is 5.76 Å². The van der Waals surface area contributed by atoms with Gasteiger partial charge in [0.05, 0.1) is 12.3 Å². The van der Waals surface area contributed by atoms with Crippen LogP contribution in [0.15, 0.2) is 45.5 Å². The molecule has 2 unspecified atom stereocenters. The Morgan fingerprint density at radius 2 is 2.00 bits per heavy atom. The molecule has 1 heterocycles. The third-order valence-electron chi connectivity index (χ3n) is 2.90. The Kier molecular flexibility index (Phi) is 4.49. The maximum atomic E-state index is 6.24. The van der Waals surface area contributed by atoms with E-state index in [2.05, 4.69) is 35.1 Å². The minimum atomic E-state index is 0.148. The molecule has 0 bridgehead atoms. The zero-order chi connectivity index (χ0) is 13.1. The van der Waals surface area contributed by atoms with Crippen molar-refractivity contribution in [1.29, 1.82) is 0 Å². The Balaban J connectivity index is 2.10. The van der Waals surface area contributed by atoms with Crippen molar-refractivity contribution >= 4 is 27.5 Å². The molecule has 4 heteroatoms. The molecule has 0 fully saturated rings. The summed E-state index contributed by atoms with van der Waals surface area (Å²) in [6.07, 6.45) is 1.69. The molecule has 2 rings (SSSR count). The Hall–Kier alpha value is -0.770. The summed E-state index contributed by atoms with van der Waals surface area (Å²) in [5.74, 6) is 0.926. The minimum absolute atomic E-state index is 0.148. The quantitative estimate of drug-likeness (QED) is 0.844. The minimum Gasteiger partial charge on any atom is -0.468 e. The highest BCUT2D eigenvalue weighted by Crippen LogP contribution is 2.28. The predicted molar refractivity (Wildman–Crippen MR) is 77.8 cm³/mol. The van der Waals surface area contributed by atoms with Crippen LogP contribution in [0.5, 0.6) is 0 Å². The first-order valence-corrected chi connectivity index (χ1v) is 6.99. The van der Waals surface area contributed by atoms with E-state index in [1.165, 1.54) is 0 Å². The first kappa shape index (κ1) is 13.7. The van der Waals surface area contributed by atoms with Crippen LogP contribution in [0.3, 0.4) is 0 Å². The number of furan rings is 1. The zero-order valence-electron chi connectivity index (χ0n) is 10.3. The monoisotopic (exact) mass is 327 g/mol. The van der Waals surface area contributed by atoms with Crippen LogP contribution in [0.25, 0.3) is 0 Å². The molecular weight excluding hydrogens is 314 g/mol. The van der Waals surface area contributed by atoms with Crippen LogP contribution in [0.4, 0.5) is 0 Å². The van der Waals surface area contributed by atoms with E-state index in [1.807, 2.05) is 30.3 Å². The van der Waals surface area contributed by atoms with Gasteiger partial charge in [-0.2, -0.15) is 0 Å². The molecule has 0 spiro atoms. The van der Waals surface area contributed by atoms with E-state index in [0.717, 1.165) is 20.8 Å². The van der Waals surface area contributed by atoms with Gasteiger partial charge in [0.25, 0.3) is 0 Å². The van der Waals surface area contributed by atoms with Crippen LogP contribution in [0.1, 0.15) is 37.3 Å². The average Bonchev–Trinajstić information content (AvgIpc) is 2.81. The molecule has 0 saturated carbocycles. The molecule has 1 aromatic heterocycles. The molecule has 1 N–H and O–H groups in total. The van der Waals surface area contributed by atoms with Gasteiger partial charge < -0.3 is 9.73 Å². The Morgan fingerprint density at radius 3 is 2.61 bits per heavy atom. The van der Waals surface area contributed by atoms with E-state index in [4.69, 9.17) is 16.0 Å². The van der Waals surface area contributed by atoms with Crippen LogP contribution >= 0.6 is 27.5 Å². The van der Waals surface area contributed by atoms with E-state index >= 15 is 0 Å². The normalized spacial score (nSPS) is 14.4. The van der Waals surface area contributed by atoms with Crippen molar-refractivity contribution in [3.05, 3.63) is 57.4 Å². The number of rotatable bonds is 4. The van der Waals surface area contributed by atoms with Crippen LogP contribution in [0.2, 0.25) is 5.02 Å². The average molecular weight is 329 g/mol. The maximum Gasteiger partial charge on any atom is 0.120 e. The van der Waals surface area contributed by atoms with Crippen LogP contribution in [0, 0.1) is 0 Å². The zero-order valence-corrected chi connectivity index (χ0v) is 12.6. The third kappa shape index (κ3) is 3.16. The second-order valence-corrected chi connectivity index (χ2v) is 5.61. The smallest absolute Gasteiger partial charge is 0.120 e. The molecule has 96 valence electrons. The fourth-order valence-electron chi connectivity index (χ4n) is 1.94. The topological polar surface area (TPSA) is 25.2 Å². The molecule has 2 nitrogen and oxygen atoms in total. The van der Waals surface area contributed by atoms with Gasteiger partial charge in [0.15, 0.2) is 0 Å². The predicted octanol–water partition coefficient (Wildman–Crippen LogP) is 5.11. The van der Waals surface area contributed by atoms with E-state index < -0.39 is 0 Å². The summed E-state index contributed by atoms with van der Waals surface area (Å²) in [5, 5.41) is 4.23. The number of halogens is 2. The second-order valence-electron chi connectivity index (χ2n) is 4.29. The van der Waals surface area contributed by atoms with Gasteiger partial charge in [-0.1, -0.05) is 33.6 Å². The summed E-state index contributed by atoms with van der Waals surface area (Å²) in [4.78, 5) is 0. The van der Waals surface area contributed by atoms with Crippen LogP contribution in [-0.2, 0) is 0 Å². The van der Waals surface area contributed by atoms with Crippen molar-refractivity contribution in [3.8, 4) is 0 Å². The highest BCUT2D eigenvalue weighted by atomic mass is 79.9. The van der Waals surface area contributed by atoms with Crippen molar-refractivity contribution in [3.63, 3.8) is 0 Å². The molecule has 2 atom stereocenters. The molecule has 0 aliphatic rings. The second kappa shape index (κ2) is 5.91. The Labute approximate surface area is 120 Å². The molecule has 0 saturated heterocycles. The molecule has 0 radical (unpaired) electrons. The van der Waals surface area contributed by atoms with Gasteiger partial charge in [-0.15, -0.1) is 0 Å². The van der Waals surface area contributed by atoms with Gasteiger partial charge >= 0.3 is 0 Å². The van der Waals surface area contributed by atoms with Gasteiger partial charge in [0, 0.05) is 15.5 Å². The molecule has 0 amide bonds. The molecule has 18 heavy (non-hydrogen) atoms. The summed E-state index contributed by atoms with van der Waals surface area (Å²) in [7, 11) is 0. The van der Waals surface area contributed by atoms with Gasteiger partial charge in [-0.3, -0.25) is 0 Å². The third-order valence-corrected chi connectivity index (χ3v) is 3.72. The van der Waals surface area contributed by atoms with E-state index in [0.29, 0.717) is 0 Å². The molecule has 1 aromatic carbocycles. The first-order valence-electron chi connectivity index (χ1n) is 5.82. The lowest BCUT2D eigenvalue weighted by molar-refractivity contribution is 0.403. The van der Waals surface area contributed by atoms with Crippen molar-refractivity contribution in [2.24, 2.45) is 0 Å². The van der Waals surface area contributed by atoms with Crippen LogP contribution in [-0.4, -0.2) is 0 Å². The molecule has 2 aromatic rings. The molecule has 0 aliphatic heterocycles. The number of nitrogens with one attached hydrogen (secondary N) is 1. The van der Waals surface area contributed by atoms with Crippen molar-refractivity contribution in [2.75, 3.05) is 0 Å². The Morgan fingerprint density at radius 1 is 1.22 bits per heavy atom. The van der Waals surface area contributed by atoms with E-state index in [1.54, 1.807) is 6.26 Å². The van der Waals surface area contributed by atoms with Crippen molar-refractivity contribution in [2.45, 2.75) is 25.9 Å². The summed E-state index contributed by atoms with van der Waals surface area (Å²) in [6, 6.07) is 10.1. The fraction of sp³-hybridized carbons (Fsp3) is 0.286. The number of benzene rings is 1. The number of hydrogen-bond donors (Lipinski definition) is 1. The number of hydrogen-bond acceptors (Lipinski definition) is 2. The Bertz CT molecular complexity index is 513. The maximum absolute atomic E-state index is 6.24. The van der Waals surface area contributed by atoms with Gasteiger partial charge in [-0.05, 0) is 43.7 Å². The van der Waals surface area contributed by atoms with Crippen molar-refractivity contribution in [1.82, 2.24) is 5.32 Å². The summed E-state index contributed by atoms with van der Waals surface area (Å²) >= 11 is 9.65. The van der Waals surface area contributed by atoms with Crippen molar-refractivity contribution < 1.29 is 4.42 Å². The van der Waals surface area contributed by atoms with Gasteiger partial charge in [0.2, 0.25) is 0 Å². The lowest BCUT2D eigenvalue weighted by Crippen LogP contribution is -2.22. The standard InChI is InChI=1S/C14H15BrClNO/c1-9(12-6-5-11(15)8-13(12)16)17-10(2)14-4-3-7-18-14/h3-10,17H,1-2H3. The highest BCUT2D eigenvalue weighted by Gasteiger charge is 2.15.